The SMILES string of the molecule is CC(C)C[C@H]1NC(C)(C)N(C)C1=O. The Morgan fingerprint density at radius 3 is 2.38 bits per heavy atom. The van der Waals surface area contributed by atoms with Gasteiger partial charge >= 0.3 is 0 Å². The quantitative estimate of drug-likeness (QED) is 0.699. The number of carbonyl (C=O) groups is 1. The summed E-state index contributed by atoms with van der Waals surface area (Å²) in [5.41, 5.74) is -0.184. The number of nitrogens with zero attached hydrogens (tertiary/aromatic N) is 1. The highest BCUT2D eigenvalue weighted by molar-refractivity contribution is 5.84. The van der Waals surface area contributed by atoms with Crippen LogP contribution in [-0.2, 0) is 4.79 Å². The Labute approximate surface area is 80.5 Å². The molecule has 0 aliphatic carbocycles. The molecule has 1 atom stereocenters. The lowest BCUT2D eigenvalue weighted by Gasteiger charge is -2.27. The predicted molar refractivity (Wildman–Crippen MR) is 53.2 cm³/mol. The maximum Gasteiger partial charge on any atom is 0.240 e. The lowest BCUT2D eigenvalue weighted by Crippen LogP contribution is -2.45. The molecule has 1 heterocycles. The van der Waals surface area contributed by atoms with Crippen LogP contribution in [0.15, 0.2) is 0 Å². The number of nitrogens with one attached hydrogen (secondary N) is 1. The Balaban J connectivity index is 2.67. The monoisotopic (exact) mass is 184 g/mol. The maximum atomic E-state index is 11.7. The van der Waals surface area contributed by atoms with Gasteiger partial charge in [-0.25, -0.2) is 0 Å². The summed E-state index contributed by atoms with van der Waals surface area (Å²) < 4.78 is 0. The minimum absolute atomic E-state index is 0.0139. The van der Waals surface area contributed by atoms with Crippen LogP contribution in [0.25, 0.3) is 0 Å². The van der Waals surface area contributed by atoms with Crippen molar-refractivity contribution in [3.63, 3.8) is 0 Å². The first-order valence-electron chi connectivity index (χ1n) is 4.90. The molecule has 0 aromatic heterocycles. The second-order valence-corrected chi connectivity index (χ2v) is 4.78. The summed E-state index contributed by atoms with van der Waals surface area (Å²) in [5, 5.41) is 3.34. The van der Waals surface area contributed by atoms with E-state index in [0.717, 1.165) is 6.42 Å². The van der Waals surface area contributed by atoms with Crippen LogP contribution in [0.1, 0.15) is 34.1 Å². The Hall–Kier alpha value is -0.570. The first kappa shape index (κ1) is 10.5. The van der Waals surface area contributed by atoms with E-state index in [-0.39, 0.29) is 17.6 Å². The zero-order chi connectivity index (χ0) is 10.2. The Morgan fingerprint density at radius 1 is 1.54 bits per heavy atom. The van der Waals surface area contributed by atoms with Crippen molar-refractivity contribution in [2.24, 2.45) is 5.92 Å². The maximum absolute atomic E-state index is 11.7. The van der Waals surface area contributed by atoms with Crippen LogP contribution in [0.3, 0.4) is 0 Å². The molecule has 0 bridgehead atoms. The number of amides is 1. The Bertz CT molecular complexity index is 211. The first-order chi connectivity index (χ1) is 5.84. The van der Waals surface area contributed by atoms with Gasteiger partial charge in [-0.3, -0.25) is 10.1 Å². The molecule has 1 aliphatic rings. The fourth-order valence-electron chi connectivity index (χ4n) is 1.73. The van der Waals surface area contributed by atoms with Gasteiger partial charge in [-0.05, 0) is 26.2 Å². The van der Waals surface area contributed by atoms with E-state index in [0.29, 0.717) is 5.92 Å². The average molecular weight is 184 g/mol. The topological polar surface area (TPSA) is 32.3 Å². The molecule has 0 spiro atoms. The number of hydrogen-bond acceptors (Lipinski definition) is 2. The van der Waals surface area contributed by atoms with E-state index >= 15 is 0 Å². The molecule has 1 saturated heterocycles. The molecule has 0 saturated carbocycles. The van der Waals surface area contributed by atoms with Gasteiger partial charge in [0.15, 0.2) is 0 Å². The van der Waals surface area contributed by atoms with Gasteiger partial charge in [0.1, 0.15) is 0 Å². The van der Waals surface area contributed by atoms with E-state index in [2.05, 4.69) is 19.2 Å². The fraction of sp³-hybridized carbons (Fsp3) is 0.900. The van der Waals surface area contributed by atoms with Crippen molar-refractivity contribution < 1.29 is 4.79 Å². The molecule has 13 heavy (non-hydrogen) atoms. The number of carbonyl (C=O) groups excluding carboxylic acids is 1. The molecule has 3 nitrogen and oxygen atoms in total. The molecule has 1 aliphatic heterocycles. The van der Waals surface area contributed by atoms with Gasteiger partial charge in [-0.15, -0.1) is 0 Å². The third-order valence-corrected chi connectivity index (χ3v) is 2.70. The highest BCUT2D eigenvalue weighted by Crippen LogP contribution is 2.22. The molecular weight excluding hydrogens is 164 g/mol. The smallest absolute Gasteiger partial charge is 0.240 e. The van der Waals surface area contributed by atoms with Crippen LogP contribution in [0.5, 0.6) is 0 Å². The van der Waals surface area contributed by atoms with Crippen LogP contribution < -0.4 is 5.32 Å². The molecule has 1 amide bonds. The van der Waals surface area contributed by atoms with Gasteiger partial charge in [0, 0.05) is 7.05 Å². The van der Waals surface area contributed by atoms with E-state index in [1.807, 2.05) is 20.9 Å². The zero-order valence-electron chi connectivity index (χ0n) is 9.22. The van der Waals surface area contributed by atoms with Crippen molar-refractivity contribution in [1.29, 1.82) is 0 Å². The van der Waals surface area contributed by atoms with Crippen LogP contribution in [0.4, 0.5) is 0 Å². The minimum Gasteiger partial charge on any atom is -0.327 e. The van der Waals surface area contributed by atoms with Gasteiger partial charge in [0.25, 0.3) is 0 Å². The molecule has 1 fully saturated rings. The van der Waals surface area contributed by atoms with Crippen LogP contribution >= 0.6 is 0 Å². The first-order valence-corrected chi connectivity index (χ1v) is 4.90. The number of likely N-dealkylation sites (N-methyl/N-ethyl adjacent to an activating group) is 1. The van der Waals surface area contributed by atoms with Gasteiger partial charge in [-0.1, -0.05) is 13.8 Å². The number of hydrogen-bond donors (Lipinski definition) is 1. The molecule has 0 unspecified atom stereocenters. The predicted octanol–water partition coefficient (Wildman–Crippen LogP) is 1.20. The van der Waals surface area contributed by atoms with Crippen molar-refractivity contribution >= 4 is 5.91 Å². The van der Waals surface area contributed by atoms with E-state index in [1.54, 1.807) is 4.90 Å². The second-order valence-electron chi connectivity index (χ2n) is 4.78. The standard InChI is InChI=1S/C10H20N2O/c1-7(2)6-8-9(13)12(5)10(3,4)11-8/h7-8,11H,6H2,1-5H3/t8-/m1/s1. The van der Waals surface area contributed by atoms with Gasteiger partial charge in [-0.2, -0.15) is 0 Å². The molecular formula is C10H20N2O. The summed E-state index contributed by atoms with van der Waals surface area (Å²) in [4.78, 5) is 13.5. The van der Waals surface area contributed by atoms with Crippen molar-refractivity contribution in [2.45, 2.75) is 45.8 Å². The summed E-state index contributed by atoms with van der Waals surface area (Å²) in [6.07, 6.45) is 0.923. The van der Waals surface area contributed by atoms with E-state index in [1.165, 1.54) is 0 Å². The summed E-state index contributed by atoms with van der Waals surface area (Å²) in [7, 11) is 1.86. The van der Waals surface area contributed by atoms with Crippen LogP contribution in [-0.4, -0.2) is 29.6 Å². The lowest BCUT2D eigenvalue weighted by molar-refractivity contribution is -0.130. The van der Waals surface area contributed by atoms with Gasteiger partial charge in [0.2, 0.25) is 5.91 Å². The third kappa shape index (κ3) is 2.02. The van der Waals surface area contributed by atoms with Gasteiger partial charge in [0.05, 0.1) is 11.7 Å². The van der Waals surface area contributed by atoms with E-state index < -0.39 is 0 Å². The van der Waals surface area contributed by atoms with E-state index in [9.17, 15) is 4.79 Å². The highest BCUT2D eigenvalue weighted by atomic mass is 16.2. The molecule has 3 heteroatoms. The second kappa shape index (κ2) is 3.29. The molecule has 1 rings (SSSR count). The highest BCUT2D eigenvalue weighted by Gasteiger charge is 2.41. The largest absolute Gasteiger partial charge is 0.327 e. The average Bonchev–Trinajstić information content (AvgIpc) is 2.13. The minimum atomic E-state index is -0.184. The van der Waals surface area contributed by atoms with Gasteiger partial charge < -0.3 is 4.90 Å². The Kier molecular flexibility index (Phi) is 2.66. The zero-order valence-corrected chi connectivity index (χ0v) is 9.22. The third-order valence-electron chi connectivity index (χ3n) is 2.70. The van der Waals surface area contributed by atoms with Crippen molar-refractivity contribution in [2.75, 3.05) is 7.05 Å². The van der Waals surface area contributed by atoms with Crippen LogP contribution in [0, 0.1) is 5.92 Å². The summed E-state index contributed by atoms with van der Waals surface area (Å²) in [6.45, 7) is 8.34. The molecule has 0 aromatic carbocycles. The van der Waals surface area contributed by atoms with Crippen molar-refractivity contribution in [3.8, 4) is 0 Å². The molecule has 0 aromatic rings. The van der Waals surface area contributed by atoms with Crippen molar-refractivity contribution in [3.05, 3.63) is 0 Å². The fourth-order valence-corrected chi connectivity index (χ4v) is 1.73. The molecule has 0 radical (unpaired) electrons. The summed E-state index contributed by atoms with van der Waals surface area (Å²) in [6, 6.07) is 0.0139. The molecule has 76 valence electrons. The summed E-state index contributed by atoms with van der Waals surface area (Å²) >= 11 is 0. The lowest BCUT2D eigenvalue weighted by atomic mass is 10.0. The Morgan fingerprint density at radius 2 is 2.08 bits per heavy atom. The summed E-state index contributed by atoms with van der Waals surface area (Å²) in [5.74, 6) is 0.780. The normalized spacial score (nSPS) is 27.4. The van der Waals surface area contributed by atoms with Crippen LogP contribution in [0.2, 0.25) is 0 Å². The van der Waals surface area contributed by atoms with Crippen molar-refractivity contribution in [1.82, 2.24) is 10.2 Å². The molecule has 1 N–H and O–H groups in total. The number of rotatable bonds is 2. The van der Waals surface area contributed by atoms with E-state index in [4.69, 9.17) is 0 Å².